The van der Waals surface area contributed by atoms with E-state index in [9.17, 15) is 0 Å². The normalized spacial score (nSPS) is 27.7. The van der Waals surface area contributed by atoms with Crippen LogP contribution in [0.25, 0.3) is 11.0 Å². The highest BCUT2D eigenvalue weighted by Gasteiger charge is 2.31. The fourth-order valence-corrected chi connectivity index (χ4v) is 3.72. The quantitative estimate of drug-likeness (QED) is 0.836. The summed E-state index contributed by atoms with van der Waals surface area (Å²) in [4.78, 5) is 14.5. The average Bonchev–Trinajstić information content (AvgIpc) is 2.86. The van der Waals surface area contributed by atoms with Gasteiger partial charge < -0.3 is 9.88 Å². The summed E-state index contributed by atoms with van der Waals surface area (Å²) < 4.78 is 0. The van der Waals surface area contributed by atoms with Crippen molar-refractivity contribution >= 4 is 16.9 Å². The summed E-state index contributed by atoms with van der Waals surface area (Å²) in [5, 5.41) is 1.16. The fraction of sp³-hybridized carbons (Fsp3) is 0.571. The monoisotopic (exact) mass is 242 g/mol. The maximum atomic E-state index is 4.52. The summed E-state index contributed by atoms with van der Waals surface area (Å²) in [6, 6.07) is 2.09. The van der Waals surface area contributed by atoms with Crippen molar-refractivity contribution in [3.8, 4) is 0 Å². The summed E-state index contributed by atoms with van der Waals surface area (Å²) in [6.07, 6.45) is 9.28. The number of aromatic nitrogens is 3. The Morgan fingerprint density at radius 1 is 1.17 bits per heavy atom. The molecule has 2 unspecified atom stereocenters. The Kier molecular flexibility index (Phi) is 2.28. The van der Waals surface area contributed by atoms with E-state index in [1.807, 2.05) is 6.20 Å². The van der Waals surface area contributed by atoms with Crippen molar-refractivity contribution in [3.05, 3.63) is 18.6 Å². The van der Waals surface area contributed by atoms with Crippen LogP contribution in [0.1, 0.15) is 25.7 Å². The van der Waals surface area contributed by atoms with Crippen LogP contribution in [0.3, 0.4) is 0 Å². The van der Waals surface area contributed by atoms with Crippen LogP contribution in [0.5, 0.6) is 0 Å². The van der Waals surface area contributed by atoms with E-state index in [1.165, 1.54) is 38.8 Å². The summed E-state index contributed by atoms with van der Waals surface area (Å²) >= 11 is 0. The van der Waals surface area contributed by atoms with Gasteiger partial charge in [-0.1, -0.05) is 6.42 Å². The smallest absolute Gasteiger partial charge is 0.142 e. The number of H-pyrrole nitrogens is 1. The van der Waals surface area contributed by atoms with Gasteiger partial charge >= 0.3 is 0 Å². The minimum Gasteiger partial charge on any atom is -0.355 e. The van der Waals surface area contributed by atoms with E-state index in [2.05, 4.69) is 25.9 Å². The first kappa shape index (κ1) is 10.4. The Balaban J connectivity index is 1.72. The van der Waals surface area contributed by atoms with Crippen LogP contribution in [0, 0.1) is 11.8 Å². The molecule has 0 spiro atoms. The topological polar surface area (TPSA) is 44.8 Å². The first-order valence-electron chi connectivity index (χ1n) is 6.93. The van der Waals surface area contributed by atoms with Gasteiger partial charge in [0.1, 0.15) is 17.8 Å². The highest BCUT2D eigenvalue weighted by Crippen LogP contribution is 2.37. The molecule has 2 fully saturated rings. The van der Waals surface area contributed by atoms with E-state index < -0.39 is 0 Å². The molecule has 1 saturated carbocycles. The maximum Gasteiger partial charge on any atom is 0.142 e. The van der Waals surface area contributed by atoms with Crippen molar-refractivity contribution in [2.45, 2.75) is 25.7 Å². The highest BCUT2D eigenvalue weighted by molar-refractivity contribution is 5.87. The molecule has 1 aliphatic heterocycles. The van der Waals surface area contributed by atoms with Crippen LogP contribution in [0.15, 0.2) is 18.6 Å². The molecule has 0 radical (unpaired) electrons. The largest absolute Gasteiger partial charge is 0.355 e. The first-order chi connectivity index (χ1) is 8.90. The van der Waals surface area contributed by atoms with Gasteiger partial charge in [0.2, 0.25) is 0 Å². The molecule has 2 aromatic heterocycles. The van der Waals surface area contributed by atoms with Gasteiger partial charge in [0.25, 0.3) is 0 Å². The van der Waals surface area contributed by atoms with Gasteiger partial charge in [-0.05, 0) is 37.2 Å². The molecule has 0 aromatic carbocycles. The van der Waals surface area contributed by atoms with Crippen LogP contribution in [-0.4, -0.2) is 28.0 Å². The Morgan fingerprint density at radius 2 is 2.00 bits per heavy atom. The minimum atomic E-state index is 0.876. The molecule has 94 valence electrons. The number of hydrogen-bond acceptors (Lipinski definition) is 3. The van der Waals surface area contributed by atoms with Crippen molar-refractivity contribution in [1.82, 2.24) is 15.0 Å². The number of rotatable bonds is 1. The Bertz CT molecular complexity index is 550. The predicted octanol–water partition coefficient (Wildman–Crippen LogP) is 2.58. The second kappa shape index (κ2) is 3.97. The molecular weight excluding hydrogens is 224 g/mol. The van der Waals surface area contributed by atoms with E-state index in [0.29, 0.717) is 0 Å². The predicted molar refractivity (Wildman–Crippen MR) is 71.5 cm³/mol. The zero-order chi connectivity index (χ0) is 11.9. The number of piperidine rings is 1. The molecule has 2 atom stereocenters. The molecule has 2 aliphatic rings. The first-order valence-corrected chi connectivity index (χ1v) is 6.93. The molecule has 1 aliphatic carbocycles. The van der Waals surface area contributed by atoms with Gasteiger partial charge in [-0.2, -0.15) is 0 Å². The lowest BCUT2D eigenvalue weighted by molar-refractivity contribution is 0.231. The third-order valence-electron chi connectivity index (χ3n) is 4.48. The number of hydrogen-bond donors (Lipinski definition) is 1. The van der Waals surface area contributed by atoms with Crippen LogP contribution in [0.4, 0.5) is 5.82 Å². The van der Waals surface area contributed by atoms with E-state index in [1.54, 1.807) is 6.33 Å². The summed E-state index contributed by atoms with van der Waals surface area (Å²) in [5.74, 6) is 2.88. The van der Waals surface area contributed by atoms with E-state index >= 15 is 0 Å². The van der Waals surface area contributed by atoms with Gasteiger partial charge in [0.15, 0.2) is 0 Å². The van der Waals surface area contributed by atoms with Gasteiger partial charge in [0.05, 0.1) is 5.39 Å². The standard InChI is InChI=1S/C14H18N4/c1-2-10-6-11(3-1)8-18(7-10)14-12-4-5-15-13(12)16-9-17-14/h4-5,9-11H,1-3,6-8H2,(H,15,16,17). The number of nitrogens with zero attached hydrogens (tertiary/aromatic N) is 3. The molecule has 4 nitrogen and oxygen atoms in total. The average molecular weight is 242 g/mol. The van der Waals surface area contributed by atoms with Crippen LogP contribution in [0.2, 0.25) is 0 Å². The van der Waals surface area contributed by atoms with Crippen molar-refractivity contribution < 1.29 is 0 Å². The summed E-state index contributed by atoms with van der Waals surface area (Å²) in [6.45, 7) is 2.35. The number of anilines is 1. The molecular formula is C14H18N4. The van der Waals surface area contributed by atoms with Crippen molar-refractivity contribution in [2.75, 3.05) is 18.0 Å². The Morgan fingerprint density at radius 3 is 2.83 bits per heavy atom. The van der Waals surface area contributed by atoms with Gasteiger partial charge in [0, 0.05) is 19.3 Å². The Labute approximate surface area is 106 Å². The Hall–Kier alpha value is -1.58. The van der Waals surface area contributed by atoms with Crippen molar-refractivity contribution in [2.24, 2.45) is 11.8 Å². The maximum absolute atomic E-state index is 4.52. The van der Waals surface area contributed by atoms with Gasteiger partial charge in [-0.15, -0.1) is 0 Å². The molecule has 2 aromatic rings. The zero-order valence-corrected chi connectivity index (χ0v) is 10.5. The second-order valence-corrected chi connectivity index (χ2v) is 5.74. The summed E-state index contributed by atoms with van der Waals surface area (Å²) in [5.41, 5.74) is 0.954. The molecule has 2 bridgehead atoms. The lowest BCUT2D eigenvalue weighted by Crippen LogP contribution is -2.43. The minimum absolute atomic E-state index is 0.876. The molecule has 0 amide bonds. The SMILES string of the molecule is c1nc(N2CC3CCCC(C3)C2)c2cc[nH]c2n1. The number of fused-ring (bicyclic) bond motifs is 3. The third kappa shape index (κ3) is 1.59. The lowest BCUT2D eigenvalue weighted by Gasteiger charge is -2.42. The van der Waals surface area contributed by atoms with Crippen molar-refractivity contribution in [1.29, 1.82) is 0 Å². The molecule has 4 rings (SSSR count). The second-order valence-electron chi connectivity index (χ2n) is 5.74. The number of aromatic amines is 1. The molecule has 3 heterocycles. The van der Waals surface area contributed by atoms with Gasteiger partial charge in [-0.3, -0.25) is 0 Å². The molecule has 4 heteroatoms. The highest BCUT2D eigenvalue weighted by atomic mass is 15.2. The molecule has 1 saturated heterocycles. The van der Waals surface area contributed by atoms with Crippen LogP contribution >= 0.6 is 0 Å². The van der Waals surface area contributed by atoms with Crippen LogP contribution < -0.4 is 4.90 Å². The van der Waals surface area contributed by atoms with Crippen LogP contribution in [-0.2, 0) is 0 Å². The lowest BCUT2D eigenvalue weighted by atomic mass is 9.78. The molecule has 18 heavy (non-hydrogen) atoms. The van der Waals surface area contributed by atoms with E-state index in [-0.39, 0.29) is 0 Å². The number of nitrogens with one attached hydrogen (secondary N) is 1. The third-order valence-corrected chi connectivity index (χ3v) is 4.48. The summed E-state index contributed by atoms with van der Waals surface area (Å²) in [7, 11) is 0. The van der Waals surface area contributed by atoms with Crippen molar-refractivity contribution in [3.63, 3.8) is 0 Å². The zero-order valence-electron chi connectivity index (χ0n) is 10.5. The van der Waals surface area contributed by atoms with E-state index in [0.717, 1.165) is 28.7 Å². The fourth-order valence-electron chi connectivity index (χ4n) is 3.72. The molecule has 1 N–H and O–H groups in total. The van der Waals surface area contributed by atoms with Gasteiger partial charge in [-0.25, -0.2) is 9.97 Å². The van der Waals surface area contributed by atoms with E-state index in [4.69, 9.17) is 0 Å².